The molecule has 2 heterocycles. The van der Waals surface area contributed by atoms with Gasteiger partial charge in [0.25, 0.3) is 0 Å². The molecule has 92 valence electrons. The van der Waals surface area contributed by atoms with E-state index in [-0.39, 0.29) is 5.60 Å². The Hall–Kier alpha value is -1.02. The van der Waals surface area contributed by atoms with E-state index in [0.29, 0.717) is 5.92 Å². The third kappa shape index (κ3) is 2.19. The van der Waals surface area contributed by atoms with Gasteiger partial charge in [0.15, 0.2) is 0 Å². The molecule has 1 spiro atoms. The van der Waals surface area contributed by atoms with E-state index < -0.39 is 0 Å². The minimum Gasteiger partial charge on any atom is -0.371 e. The van der Waals surface area contributed by atoms with E-state index in [1.807, 2.05) is 0 Å². The van der Waals surface area contributed by atoms with E-state index in [1.165, 1.54) is 24.1 Å². The number of hydrogen-bond donors (Lipinski definition) is 0. The van der Waals surface area contributed by atoms with Crippen LogP contribution in [0, 0.1) is 0 Å². The number of anilines is 1. The molecule has 1 aromatic carbocycles. The average molecular weight is 231 g/mol. The molecular weight excluding hydrogens is 210 g/mol. The second-order valence-corrected chi connectivity index (χ2v) is 5.70. The third-order valence-corrected chi connectivity index (χ3v) is 4.15. The lowest BCUT2D eigenvalue weighted by molar-refractivity contribution is 0.258. The summed E-state index contributed by atoms with van der Waals surface area (Å²) < 4.78 is 5.55. The summed E-state index contributed by atoms with van der Waals surface area (Å²) in [5.74, 6) is 0.619. The van der Waals surface area contributed by atoms with Crippen LogP contribution in [0.25, 0.3) is 0 Å². The highest BCUT2D eigenvalue weighted by atomic mass is 16.6. The Balaban J connectivity index is 1.67. The number of hydrogen-bond acceptors (Lipinski definition) is 2. The molecule has 0 atom stereocenters. The maximum atomic E-state index is 5.55. The second-order valence-electron chi connectivity index (χ2n) is 5.70. The molecule has 0 saturated carbocycles. The Morgan fingerprint density at radius 2 is 1.71 bits per heavy atom. The van der Waals surface area contributed by atoms with Gasteiger partial charge >= 0.3 is 0 Å². The van der Waals surface area contributed by atoms with Crippen molar-refractivity contribution in [2.75, 3.05) is 24.6 Å². The van der Waals surface area contributed by atoms with Gasteiger partial charge in [-0.2, -0.15) is 0 Å². The zero-order valence-electron chi connectivity index (χ0n) is 10.8. The van der Waals surface area contributed by atoms with Crippen LogP contribution in [0.3, 0.4) is 0 Å². The zero-order chi connectivity index (χ0) is 11.9. The summed E-state index contributed by atoms with van der Waals surface area (Å²) >= 11 is 0. The molecule has 0 amide bonds. The molecule has 0 aromatic heterocycles. The van der Waals surface area contributed by atoms with Crippen LogP contribution in [0.1, 0.15) is 38.2 Å². The van der Waals surface area contributed by atoms with Crippen LogP contribution in [0.2, 0.25) is 0 Å². The molecule has 3 rings (SSSR count). The van der Waals surface area contributed by atoms with Crippen LogP contribution in [0.15, 0.2) is 24.3 Å². The first-order chi connectivity index (χ1) is 8.19. The normalized spacial score (nSPS) is 22.2. The van der Waals surface area contributed by atoms with Crippen molar-refractivity contribution in [3.8, 4) is 0 Å². The predicted octanol–water partition coefficient (Wildman–Crippen LogP) is 3.18. The average Bonchev–Trinajstić information content (AvgIpc) is 3.10. The first kappa shape index (κ1) is 11.1. The summed E-state index contributed by atoms with van der Waals surface area (Å²) in [4.78, 5) is 2.48. The van der Waals surface area contributed by atoms with Gasteiger partial charge in [-0.25, -0.2) is 0 Å². The molecule has 17 heavy (non-hydrogen) atoms. The number of benzene rings is 1. The Morgan fingerprint density at radius 3 is 2.18 bits per heavy atom. The van der Waals surface area contributed by atoms with Crippen LogP contribution < -0.4 is 4.90 Å². The first-order valence-electron chi connectivity index (χ1n) is 6.67. The van der Waals surface area contributed by atoms with Crippen LogP contribution in [-0.2, 0) is 4.74 Å². The minimum absolute atomic E-state index is 0.286. The van der Waals surface area contributed by atoms with Gasteiger partial charge in [0, 0.05) is 18.8 Å². The molecule has 0 unspecified atom stereocenters. The van der Waals surface area contributed by atoms with Crippen LogP contribution >= 0.6 is 0 Å². The van der Waals surface area contributed by atoms with Crippen molar-refractivity contribution in [1.82, 2.24) is 0 Å². The van der Waals surface area contributed by atoms with Gasteiger partial charge < -0.3 is 9.64 Å². The summed E-state index contributed by atoms with van der Waals surface area (Å²) in [6.07, 6.45) is 2.39. The maximum Gasteiger partial charge on any atom is 0.0950 e. The van der Waals surface area contributed by atoms with Crippen molar-refractivity contribution in [2.24, 2.45) is 0 Å². The molecule has 2 heteroatoms. The number of nitrogens with zero attached hydrogens (tertiary/aromatic N) is 1. The van der Waals surface area contributed by atoms with Crippen molar-refractivity contribution in [3.05, 3.63) is 29.8 Å². The van der Waals surface area contributed by atoms with Crippen molar-refractivity contribution in [2.45, 2.75) is 38.2 Å². The molecule has 0 radical (unpaired) electrons. The molecule has 2 saturated heterocycles. The Bertz CT molecular complexity index is 382. The van der Waals surface area contributed by atoms with Crippen LogP contribution in [0.5, 0.6) is 0 Å². The zero-order valence-corrected chi connectivity index (χ0v) is 10.8. The molecule has 2 fully saturated rings. The summed E-state index contributed by atoms with van der Waals surface area (Å²) in [6.45, 7) is 7.75. The van der Waals surface area contributed by atoms with Crippen molar-refractivity contribution in [1.29, 1.82) is 0 Å². The van der Waals surface area contributed by atoms with Crippen molar-refractivity contribution < 1.29 is 4.74 Å². The van der Waals surface area contributed by atoms with E-state index in [9.17, 15) is 0 Å². The van der Waals surface area contributed by atoms with Gasteiger partial charge in [-0.3, -0.25) is 0 Å². The fourth-order valence-corrected chi connectivity index (χ4v) is 2.63. The van der Waals surface area contributed by atoms with Gasteiger partial charge in [0.2, 0.25) is 0 Å². The molecule has 2 aliphatic heterocycles. The summed E-state index contributed by atoms with van der Waals surface area (Å²) in [7, 11) is 0. The van der Waals surface area contributed by atoms with E-state index in [0.717, 1.165) is 19.7 Å². The van der Waals surface area contributed by atoms with Gasteiger partial charge in [-0.1, -0.05) is 26.0 Å². The molecule has 1 aromatic rings. The smallest absolute Gasteiger partial charge is 0.0950 e. The third-order valence-electron chi connectivity index (χ3n) is 4.15. The standard InChI is InChI=1S/C15H21NO/c1-12(2)13-3-5-14(6-4-13)16-9-7-15(8-10-16)11-17-15/h3-6,12H,7-11H2,1-2H3. The van der Waals surface area contributed by atoms with Gasteiger partial charge in [-0.15, -0.1) is 0 Å². The van der Waals surface area contributed by atoms with E-state index in [4.69, 9.17) is 4.74 Å². The summed E-state index contributed by atoms with van der Waals surface area (Å²) in [6, 6.07) is 9.05. The monoisotopic (exact) mass is 231 g/mol. The second kappa shape index (κ2) is 4.02. The van der Waals surface area contributed by atoms with Gasteiger partial charge in [-0.05, 0) is 36.5 Å². The lowest BCUT2D eigenvalue weighted by Gasteiger charge is -2.32. The molecule has 0 aliphatic carbocycles. The van der Waals surface area contributed by atoms with Crippen molar-refractivity contribution >= 4 is 5.69 Å². The molecule has 0 N–H and O–H groups in total. The maximum absolute atomic E-state index is 5.55. The Kier molecular flexibility index (Phi) is 2.62. The highest BCUT2D eigenvalue weighted by Crippen LogP contribution is 2.38. The Labute approximate surface area is 104 Å². The first-order valence-corrected chi connectivity index (χ1v) is 6.67. The fourth-order valence-electron chi connectivity index (χ4n) is 2.63. The fraction of sp³-hybridized carbons (Fsp3) is 0.600. The number of piperidine rings is 1. The van der Waals surface area contributed by atoms with E-state index in [2.05, 4.69) is 43.0 Å². The van der Waals surface area contributed by atoms with E-state index in [1.54, 1.807) is 0 Å². The van der Waals surface area contributed by atoms with Gasteiger partial charge in [0.1, 0.15) is 0 Å². The van der Waals surface area contributed by atoms with Gasteiger partial charge in [0.05, 0.1) is 12.2 Å². The SMILES string of the molecule is CC(C)c1ccc(N2CCC3(CC2)CO3)cc1. The predicted molar refractivity (Wildman–Crippen MR) is 70.7 cm³/mol. The summed E-state index contributed by atoms with van der Waals surface area (Å²) in [5.41, 5.74) is 3.08. The largest absolute Gasteiger partial charge is 0.371 e. The topological polar surface area (TPSA) is 15.8 Å². The van der Waals surface area contributed by atoms with Crippen LogP contribution in [0.4, 0.5) is 5.69 Å². The number of rotatable bonds is 2. The molecule has 2 aliphatic rings. The number of ether oxygens (including phenoxy) is 1. The molecular formula is C15H21NO. The molecule has 2 nitrogen and oxygen atoms in total. The summed E-state index contributed by atoms with van der Waals surface area (Å²) in [5, 5.41) is 0. The van der Waals surface area contributed by atoms with Crippen molar-refractivity contribution in [3.63, 3.8) is 0 Å². The van der Waals surface area contributed by atoms with E-state index >= 15 is 0 Å². The lowest BCUT2D eigenvalue weighted by Crippen LogP contribution is -2.37. The highest BCUT2D eigenvalue weighted by Gasteiger charge is 2.46. The highest BCUT2D eigenvalue weighted by molar-refractivity contribution is 5.48. The Morgan fingerprint density at radius 1 is 1.12 bits per heavy atom. The quantitative estimate of drug-likeness (QED) is 0.727. The lowest BCUT2D eigenvalue weighted by atomic mass is 9.97. The minimum atomic E-state index is 0.286. The van der Waals surface area contributed by atoms with Crippen LogP contribution in [-0.4, -0.2) is 25.3 Å². The molecule has 0 bridgehead atoms. The number of epoxide rings is 1.